The first-order chi connectivity index (χ1) is 10.2. The van der Waals surface area contributed by atoms with E-state index < -0.39 is 0 Å². The molecule has 0 atom stereocenters. The number of rotatable bonds is 5. The van der Waals surface area contributed by atoms with Gasteiger partial charge >= 0.3 is 0 Å². The minimum Gasteiger partial charge on any atom is -0.309 e. The minimum atomic E-state index is -0.152. The Hall–Kier alpha value is -2.18. The highest BCUT2D eigenvalue weighted by Crippen LogP contribution is 2.14. The number of fused-ring (bicyclic) bond motifs is 1. The molecule has 108 valence electrons. The quantitative estimate of drug-likeness (QED) is 0.701. The number of H-pyrrole nitrogens is 1. The predicted octanol–water partition coefficient (Wildman–Crippen LogP) is 1.56. The Balaban J connectivity index is 1.68. The molecule has 1 aromatic carbocycles. The molecular formula is C14H14ClN5O. The van der Waals surface area contributed by atoms with Crippen LogP contribution in [0.4, 0.5) is 0 Å². The Morgan fingerprint density at radius 1 is 1.38 bits per heavy atom. The van der Waals surface area contributed by atoms with Crippen molar-refractivity contribution in [2.45, 2.75) is 13.1 Å². The van der Waals surface area contributed by atoms with E-state index in [4.69, 9.17) is 11.6 Å². The summed E-state index contributed by atoms with van der Waals surface area (Å²) in [5, 5.41) is 8.44. The second kappa shape index (κ2) is 6.07. The Kier molecular flexibility index (Phi) is 3.98. The minimum absolute atomic E-state index is 0.152. The summed E-state index contributed by atoms with van der Waals surface area (Å²) in [5.74, 6) is 0.593. The van der Waals surface area contributed by atoms with Crippen LogP contribution in [-0.2, 0) is 13.1 Å². The summed E-state index contributed by atoms with van der Waals surface area (Å²) in [5.41, 5.74) is 0.454. The summed E-state index contributed by atoms with van der Waals surface area (Å²) in [7, 11) is 0. The lowest BCUT2D eigenvalue weighted by atomic mass is 10.2. The summed E-state index contributed by atoms with van der Waals surface area (Å²) in [6.45, 7) is 1.98. The molecule has 0 aliphatic carbocycles. The number of benzene rings is 1. The van der Waals surface area contributed by atoms with Crippen LogP contribution in [-0.4, -0.2) is 26.3 Å². The number of nitrogens with one attached hydrogen (secondary N) is 2. The number of aromatic amines is 1. The summed E-state index contributed by atoms with van der Waals surface area (Å²) >= 11 is 5.93. The maximum Gasteiger partial charge on any atom is 0.258 e. The molecule has 0 fully saturated rings. The third kappa shape index (κ3) is 3.29. The molecule has 0 aliphatic heterocycles. The summed E-state index contributed by atoms with van der Waals surface area (Å²) in [4.78, 5) is 19.1. The smallest absolute Gasteiger partial charge is 0.258 e. The van der Waals surface area contributed by atoms with Crippen LogP contribution < -0.4 is 10.9 Å². The summed E-state index contributed by atoms with van der Waals surface area (Å²) < 4.78 is 1.84. The molecule has 2 aromatic heterocycles. The van der Waals surface area contributed by atoms with E-state index in [1.165, 1.54) is 0 Å². The molecule has 21 heavy (non-hydrogen) atoms. The van der Waals surface area contributed by atoms with Gasteiger partial charge in [0.15, 0.2) is 0 Å². The SMILES string of the molecule is O=c1[nH]c(CNCCn2cccn2)nc2cc(Cl)ccc12. The summed E-state index contributed by atoms with van der Waals surface area (Å²) in [6.07, 6.45) is 3.64. The van der Waals surface area contributed by atoms with E-state index in [9.17, 15) is 4.79 Å². The van der Waals surface area contributed by atoms with E-state index in [2.05, 4.69) is 20.4 Å². The standard InChI is InChI=1S/C14H14ClN5O/c15-10-2-3-11-12(8-10)18-13(19-14(11)21)9-16-5-7-20-6-1-4-17-20/h1-4,6,8,16H,5,7,9H2,(H,18,19,21). The number of nitrogens with zero attached hydrogens (tertiary/aromatic N) is 3. The highest BCUT2D eigenvalue weighted by Gasteiger charge is 2.04. The van der Waals surface area contributed by atoms with Gasteiger partial charge in [-0.05, 0) is 24.3 Å². The van der Waals surface area contributed by atoms with Crippen LogP contribution in [0.1, 0.15) is 5.82 Å². The normalized spacial score (nSPS) is 11.1. The predicted molar refractivity (Wildman–Crippen MR) is 81.3 cm³/mol. The van der Waals surface area contributed by atoms with Gasteiger partial charge in [-0.1, -0.05) is 11.6 Å². The van der Waals surface area contributed by atoms with Gasteiger partial charge in [0, 0.05) is 24.0 Å². The van der Waals surface area contributed by atoms with Crippen LogP contribution in [0.2, 0.25) is 5.02 Å². The average molecular weight is 304 g/mol. The lowest BCUT2D eigenvalue weighted by Crippen LogP contribution is -2.23. The Labute approximate surface area is 125 Å². The van der Waals surface area contributed by atoms with E-state index in [0.29, 0.717) is 28.3 Å². The molecule has 0 saturated carbocycles. The first-order valence-electron chi connectivity index (χ1n) is 6.59. The van der Waals surface area contributed by atoms with Crippen molar-refractivity contribution in [2.75, 3.05) is 6.54 Å². The number of halogens is 1. The topological polar surface area (TPSA) is 75.6 Å². The third-order valence-corrected chi connectivity index (χ3v) is 3.32. The lowest BCUT2D eigenvalue weighted by Gasteiger charge is -2.06. The Bertz CT molecular complexity index is 797. The van der Waals surface area contributed by atoms with Crippen molar-refractivity contribution in [2.24, 2.45) is 0 Å². The van der Waals surface area contributed by atoms with Crippen LogP contribution in [0, 0.1) is 0 Å². The maximum absolute atomic E-state index is 11.9. The number of aromatic nitrogens is 4. The molecule has 0 aliphatic rings. The molecule has 3 aromatic rings. The van der Waals surface area contributed by atoms with Gasteiger partial charge in [0.2, 0.25) is 0 Å². The van der Waals surface area contributed by atoms with Crippen LogP contribution in [0.3, 0.4) is 0 Å². The highest BCUT2D eigenvalue weighted by atomic mass is 35.5. The fourth-order valence-corrected chi connectivity index (χ4v) is 2.24. The molecular weight excluding hydrogens is 290 g/mol. The van der Waals surface area contributed by atoms with Crippen LogP contribution in [0.25, 0.3) is 10.9 Å². The van der Waals surface area contributed by atoms with Gasteiger partial charge in [0.1, 0.15) is 5.82 Å². The first kappa shape index (κ1) is 13.8. The van der Waals surface area contributed by atoms with Crippen molar-refractivity contribution in [3.63, 3.8) is 0 Å². The fourth-order valence-electron chi connectivity index (χ4n) is 2.08. The molecule has 0 unspecified atom stereocenters. The van der Waals surface area contributed by atoms with Gasteiger partial charge in [-0.2, -0.15) is 5.10 Å². The molecule has 0 radical (unpaired) electrons. The maximum atomic E-state index is 11.9. The van der Waals surface area contributed by atoms with Gasteiger partial charge < -0.3 is 10.3 Å². The average Bonchev–Trinajstić information content (AvgIpc) is 2.96. The molecule has 0 saturated heterocycles. The van der Waals surface area contributed by atoms with Gasteiger partial charge in [-0.15, -0.1) is 0 Å². The van der Waals surface area contributed by atoms with Crippen molar-refractivity contribution in [3.8, 4) is 0 Å². The Morgan fingerprint density at radius 2 is 2.29 bits per heavy atom. The second-order valence-electron chi connectivity index (χ2n) is 4.62. The third-order valence-electron chi connectivity index (χ3n) is 3.09. The highest BCUT2D eigenvalue weighted by molar-refractivity contribution is 6.31. The van der Waals surface area contributed by atoms with Gasteiger partial charge in [-0.3, -0.25) is 9.48 Å². The first-order valence-corrected chi connectivity index (χ1v) is 6.97. The van der Waals surface area contributed by atoms with Crippen LogP contribution >= 0.6 is 11.6 Å². The van der Waals surface area contributed by atoms with Crippen molar-refractivity contribution in [3.05, 3.63) is 57.9 Å². The van der Waals surface area contributed by atoms with Crippen LogP contribution in [0.15, 0.2) is 41.5 Å². The molecule has 2 heterocycles. The molecule has 6 nitrogen and oxygen atoms in total. The molecule has 0 bridgehead atoms. The van der Waals surface area contributed by atoms with E-state index in [0.717, 1.165) is 13.1 Å². The fraction of sp³-hybridized carbons (Fsp3) is 0.214. The molecule has 2 N–H and O–H groups in total. The van der Waals surface area contributed by atoms with Crippen LogP contribution in [0.5, 0.6) is 0 Å². The van der Waals surface area contributed by atoms with Crippen molar-refractivity contribution in [1.82, 2.24) is 25.1 Å². The second-order valence-corrected chi connectivity index (χ2v) is 5.06. The van der Waals surface area contributed by atoms with Gasteiger partial charge in [-0.25, -0.2) is 4.98 Å². The molecule has 0 amide bonds. The zero-order valence-corrected chi connectivity index (χ0v) is 12.0. The molecule has 3 rings (SSSR count). The van der Waals surface area contributed by atoms with E-state index in [-0.39, 0.29) is 5.56 Å². The van der Waals surface area contributed by atoms with Crippen molar-refractivity contribution in [1.29, 1.82) is 0 Å². The zero-order chi connectivity index (χ0) is 14.7. The van der Waals surface area contributed by atoms with E-state index >= 15 is 0 Å². The number of hydrogen-bond acceptors (Lipinski definition) is 4. The van der Waals surface area contributed by atoms with Gasteiger partial charge in [0.25, 0.3) is 5.56 Å². The molecule has 0 spiro atoms. The summed E-state index contributed by atoms with van der Waals surface area (Å²) in [6, 6.07) is 6.94. The zero-order valence-electron chi connectivity index (χ0n) is 11.2. The Morgan fingerprint density at radius 3 is 3.10 bits per heavy atom. The number of hydrogen-bond donors (Lipinski definition) is 2. The largest absolute Gasteiger partial charge is 0.309 e. The van der Waals surface area contributed by atoms with E-state index in [1.54, 1.807) is 24.4 Å². The molecule has 7 heteroatoms. The van der Waals surface area contributed by atoms with Gasteiger partial charge in [0.05, 0.1) is 24.0 Å². The lowest BCUT2D eigenvalue weighted by molar-refractivity contribution is 0.547. The van der Waals surface area contributed by atoms with E-state index in [1.807, 2.05) is 16.9 Å². The van der Waals surface area contributed by atoms with Crippen molar-refractivity contribution < 1.29 is 0 Å². The van der Waals surface area contributed by atoms with Crippen molar-refractivity contribution >= 4 is 22.5 Å². The monoisotopic (exact) mass is 303 g/mol.